The molecule has 0 spiro atoms. The third kappa shape index (κ3) is 4.49. The van der Waals surface area contributed by atoms with Gasteiger partial charge in [-0.3, -0.25) is 14.9 Å². The average Bonchev–Trinajstić information content (AvgIpc) is 3.02. The van der Waals surface area contributed by atoms with Gasteiger partial charge in [0.2, 0.25) is 17.7 Å². The Bertz CT molecular complexity index is 1230. The van der Waals surface area contributed by atoms with Gasteiger partial charge in [0.25, 0.3) is 5.91 Å². The van der Waals surface area contributed by atoms with E-state index in [1.807, 2.05) is 4.57 Å². The smallest absolute Gasteiger partial charge is 0.258 e. The maximum atomic E-state index is 13.0. The predicted molar refractivity (Wildman–Crippen MR) is 125 cm³/mol. The van der Waals surface area contributed by atoms with Crippen LogP contribution in [0, 0.1) is 0 Å². The summed E-state index contributed by atoms with van der Waals surface area (Å²) in [5.74, 6) is -0.0627. The van der Waals surface area contributed by atoms with E-state index >= 15 is 0 Å². The number of benzene rings is 1. The number of likely N-dealkylation sites (tertiary alicyclic amines) is 1. The maximum absolute atomic E-state index is 13.0. The number of aromatic nitrogens is 3. The fraction of sp³-hybridized carbons (Fsp3) is 0.304. The van der Waals surface area contributed by atoms with Crippen molar-refractivity contribution in [2.45, 2.75) is 25.3 Å². The third-order valence-electron chi connectivity index (χ3n) is 5.70. The zero-order valence-electron chi connectivity index (χ0n) is 18.1. The lowest BCUT2D eigenvalue weighted by atomic mass is 10.1. The molecule has 0 saturated carbocycles. The van der Waals surface area contributed by atoms with Crippen LogP contribution in [0.3, 0.4) is 0 Å². The second kappa shape index (κ2) is 9.50. The van der Waals surface area contributed by atoms with Crippen molar-refractivity contribution >= 4 is 40.4 Å². The Balaban J connectivity index is 1.79. The van der Waals surface area contributed by atoms with Gasteiger partial charge >= 0.3 is 0 Å². The molecule has 1 atom stereocenters. The minimum atomic E-state index is -0.403. The van der Waals surface area contributed by atoms with Crippen molar-refractivity contribution in [2.75, 3.05) is 25.5 Å². The predicted octanol–water partition coefficient (Wildman–Crippen LogP) is 3.79. The Morgan fingerprint density at radius 3 is 2.91 bits per heavy atom. The van der Waals surface area contributed by atoms with E-state index in [2.05, 4.69) is 21.9 Å². The summed E-state index contributed by atoms with van der Waals surface area (Å²) in [5, 5.41) is 13.2. The first-order chi connectivity index (χ1) is 15.9. The molecule has 1 aromatic carbocycles. The SMILES string of the molecule is C=CC(=O)N1CCCC[C@@H](n2c(NC(=O)c3ccnc(OC)c3)nc3ccc(O)c(Cl)c32)C1. The number of phenolic OH excluding ortho intramolecular Hbond substituents is 1. The van der Waals surface area contributed by atoms with Gasteiger partial charge in [-0.25, -0.2) is 9.97 Å². The van der Waals surface area contributed by atoms with Crippen molar-refractivity contribution in [1.82, 2.24) is 19.4 Å². The van der Waals surface area contributed by atoms with Gasteiger partial charge < -0.3 is 19.3 Å². The molecule has 10 heteroatoms. The Morgan fingerprint density at radius 2 is 2.15 bits per heavy atom. The molecule has 0 unspecified atom stereocenters. The molecule has 9 nitrogen and oxygen atoms in total. The summed E-state index contributed by atoms with van der Waals surface area (Å²) in [4.78, 5) is 35.7. The van der Waals surface area contributed by atoms with Gasteiger partial charge in [-0.2, -0.15) is 0 Å². The van der Waals surface area contributed by atoms with Crippen LogP contribution >= 0.6 is 11.6 Å². The number of halogens is 1. The van der Waals surface area contributed by atoms with Gasteiger partial charge in [-0.1, -0.05) is 18.2 Å². The van der Waals surface area contributed by atoms with E-state index in [0.717, 1.165) is 19.3 Å². The largest absolute Gasteiger partial charge is 0.506 e. The first-order valence-corrected chi connectivity index (χ1v) is 10.9. The average molecular weight is 470 g/mol. The number of anilines is 1. The van der Waals surface area contributed by atoms with Gasteiger partial charge in [-0.15, -0.1) is 0 Å². The number of ether oxygens (including phenoxy) is 1. The molecule has 0 bridgehead atoms. The number of carbonyl (C=O) groups is 2. The standard InChI is InChI=1S/C23H24ClN5O4/c1-3-19(31)28-11-5-4-6-15(13-28)29-21-16(7-8-17(30)20(21)24)26-23(29)27-22(32)14-9-10-25-18(12-14)33-2/h3,7-10,12,15,30H,1,4-6,11,13H2,2H3,(H,26,27,32)/t15-/m1/s1. The molecule has 1 aliphatic rings. The molecule has 1 fully saturated rings. The van der Waals surface area contributed by atoms with Crippen molar-refractivity contribution in [1.29, 1.82) is 0 Å². The molecule has 0 radical (unpaired) electrons. The second-order valence-corrected chi connectivity index (χ2v) is 8.13. The fourth-order valence-corrected chi connectivity index (χ4v) is 4.33. The lowest BCUT2D eigenvalue weighted by Gasteiger charge is -2.26. The maximum Gasteiger partial charge on any atom is 0.258 e. The van der Waals surface area contributed by atoms with E-state index in [-0.39, 0.29) is 28.7 Å². The minimum absolute atomic E-state index is 0.0882. The van der Waals surface area contributed by atoms with Crippen LogP contribution in [-0.4, -0.2) is 56.6 Å². The Morgan fingerprint density at radius 1 is 1.33 bits per heavy atom. The molecule has 33 heavy (non-hydrogen) atoms. The van der Waals surface area contributed by atoms with Crippen LogP contribution in [0.2, 0.25) is 5.02 Å². The molecule has 1 aliphatic heterocycles. The van der Waals surface area contributed by atoms with Crippen molar-refractivity contribution in [3.8, 4) is 11.6 Å². The van der Waals surface area contributed by atoms with Crippen molar-refractivity contribution < 1.29 is 19.4 Å². The first kappa shape index (κ1) is 22.6. The van der Waals surface area contributed by atoms with E-state index in [1.165, 1.54) is 31.5 Å². The lowest BCUT2D eigenvalue weighted by molar-refractivity contribution is -0.126. The van der Waals surface area contributed by atoms with Crippen LogP contribution in [0.15, 0.2) is 43.1 Å². The molecule has 3 heterocycles. The number of aromatic hydroxyl groups is 1. The quantitative estimate of drug-likeness (QED) is 0.550. The van der Waals surface area contributed by atoms with Crippen molar-refractivity contribution in [3.05, 3.63) is 53.7 Å². The summed E-state index contributed by atoms with van der Waals surface area (Å²) in [5.41, 5.74) is 1.36. The Kier molecular flexibility index (Phi) is 6.50. The third-order valence-corrected chi connectivity index (χ3v) is 6.07. The highest BCUT2D eigenvalue weighted by Gasteiger charge is 2.28. The van der Waals surface area contributed by atoms with Crippen LogP contribution < -0.4 is 10.1 Å². The highest BCUT2D eigenvalue weighted by Crippen LogP contribution is 2.38. The Hall–Kier alpha value is -3.59. The molecule has 3 aromatic rings. The first-order valence-electron chi connectivity index (χ1n) is 10.5. The van der Waals surface area contributed by atoms with E-state index in [9.17, 15) is 14.7 Å². The van der Waals surface area contributed by atoms with Crippen LogP contribution in [0.5, 0.6) is 11.6 Å². The number of nitrogens with zero attached hydrogens (tertiary/aromatic N) is 4. The zero-order chi connectivity index (χ0) is 23.5. The molecular formula is C23H24ClN5O4. The van der Waals surface area contributed by atoms with Gasteiger partial charge in [0, 0.05) is 30.9 Å². The Labute approximate surface area is 195 Å². The summed E-state index contributed by atoms with van der Waals surface area (Å²) >= 11 is 6.48. The van der Waals surface area contributed by atoms with E-state index in [1.54, 1.807) is 17.0 Å². The lowest BCUT2D eigenvalue weighted by Crippen LogP contribution is -2.34. The normalized spacial score (nSPS) is 16.3. The second-order valence-electron chi connectivity index (χ2n) is 7.75. The van der Waals surface area contributed by atoms with E-state index in [0.29, 0.717) is 35.6 Å². The summed E-state index contributed by atoms with van der Waals surface area (Å²) in [7, 11) is 1.47. The summed E-state index contributed by atoms with van der Waals surface area (Å²) < 4.78 is 6.92. The molecular weight excluding hydrogens is 446 g/mol. The molecule has 2 amide bonds. The van der Waals surface area contributed by atoms with Gasteiger partial charge in [0.1, 0.15) is 10.8 Å². The van der Waals surface area contributed by atoms with Crippen LogP contribution in [0.1, 0.15) is 35.7 Å². The van der Waals surface area contributed by atoms with Gasteiger partial charge in [0.15, 0.2) is 0 Å². The number of phenols is 1. The number of hydrogen-bond acceptors (Lipinski definition) is 6. The minimum Gasteiger partial charge on any atom is -0.506 e. The van der Waals surface area contributed by atoms with E-state index in [4.69, 9.17) is 16.3 Å². The number of imidazole rings is 1. The van der Waals surface area contributed by atoms with Crippen LogP contribution in [0.25, 0.3) is 11.0 Å². The topological polar surface area (TPSA) is 110 Å². The number of methoxy groups -OCH3 is 1. The van der Waals surface area contributed by atoms with E-state index < -0.39 is 5.91 Å². The number of nitrogens with one attached hydrogen (secondary N) is 1. The molecule has 2 N–H and O–H groups in total. The number of amides is 2. The summed E-state index contributed by atoms with van der Waals surface area (Å²) in [6, 6.07) is 5.98. The molecule has 1 saturated heterocycles. The number of rotatable bonds is 5. The monoisotopic (exact) mass is 469 g/mol. The highest BCUT2D eigenvalue weighted by molar-refractivity contribution is 6.36. The van der Waals surface area contributed by atoms with Gasteiger partial charge in [0.05, 0.1) is 24.2 Å². The summed E-state index contributed by atoms with van der Waals surface area (Å²) in [6.07, 6.45) is 5.24. The van der Waals surface area contributed by atoms with Gasteiger partial charge in [-0.05, 0) is 43.5 Å². The highest BCUT2D eigenvalue weighted by atomic mass is 35.5. The van der Waals surface area contributed by atoms with Crippen molar-refractivity contribution in [3.63, 3.8) is 0 Å². The number of carbonyl (C=O) groups excluding carboxylic acids is 2. The zero-order valence-corrected chi connectivity index (χ0v) is 18.9. The van der Waals surface area contributed by atoms with Crippen LogP contribution in [0.4, 0.5) is 5.95 Å². The molecule has 172 valence electrons. The molecule has 4 rings (SSSR count). The number of fused-ring (bicyclic) bond motifs is 1. The fourth-order valence-electron chi connectivity index (χ4n) is 4.08. The summed E-state index contributed by atoms with van der Waals surface area (Å²) in [6.45, 7) is 4.61. The number of hydrogen-bond donors (Lipinski definition) is 2. The molecule has 0 aliphatic carbocycles. The van der Waals surface area contributed by atoms with Crippen LogP contribution in [-0.2, 0) is 4.79 Å². The van der Waals surface area contributed by atoms with Crippen molar-refractivity contribution in [2.24, 2.45) is 0 Å². The number of pyridine rings is 1. The molecule has 2 aromatic heterocycles.